The highest BCUT2D eigenvalue weighted by Gasteiger charge is 2.38. The van der Waals surface area contributed by atoms with Crippen LogP contribution in [0.1, 0.15) is 37.8 Å². The first kappa shape index (κ1) is 30.2. The molecule has 37 heavy (non-hydrogen) atoms. The van der Waals surface area contributed by atoms with Crippen LogP contribution in [0.15, 0.2) is 42.5 Å². The van der Waals surface area contributed by atoms with Gasteiger partial charge in [0.1, 0.15) is 11.6 Å². The molecule has 1 fully saturated rings. The van der Waals surface area contributed by atoms with Gasteiger partial charge in [0.15, 0.2) is 0 Å². The molecule has 2 aromatic rings. The summed E-state index contributed by atoms with van der Waals surface area (Å²) in [6, 6.07) is 12.1. The summed E-state index contributed by atoms with van der Waals surface area (Å²) >= 11 is 5.87. The van der Waals surface area contributed by atoms with E-state index < -0.39 is 18.0 Å². The van der Waals surface area contributed by atoms with E-state index in [1.165, 1.54) is 6.07 Å². The smallest absolute Gasteiger partial charge is 0.490 e. The van der Waals surface area contributed by atoms with Crippen molar-refractivity contribution in [1.82, 2.24) is 15.5 Å². The van der Waals surface area contributed by atoms with Crippen LogP contribution in [0, 0.1) is 5.82 Å². The molecular formula is C25H30ClF4N3O4. The van der Waals surface area contributed by atoms with Crippen molar-refractivity contribution < 1.29 is 37.0 Å². The quantitative estimate of drug-likeness (QED) is 0.406. The average Bonchev–Trinajstić information content (AvgIpc) is 2.83. The van der Waals surface area contributed by atoms with Gasteiger partial charge in [0.05, 0.1) is 12.6 Å². The molecule has 0 radical (unpaired) electrons. The van der Waals surface area contributed by atoms with Crippen molar-refractivity contribution in [2.24, 2.45) is 0 Å². The summed E-state index contributed by atoms with van der Waals surface area (Å²) in [6.45, 7) is 6.25. The first-order valence-electron chi connectivity index (χ1n) is 11.6. The van der Waals surface area contributed by atoms with Crippen LogP contribution in [-0.4, -0.2) is 53.4 Å². The molecule has 12 heteroatoms. The lowest BCUT2D eigenvalue weighted by Gasteiger charge is -2.35. The highest BCUT2D eigenvalue weighted by Crippen LogP contribution is 2.21. The Kier molecular flexibility index (Phi) is 11.4. The number of hydrogen-bond acceptors (Lipinski definition) is 4. The molecular weight excluding hydrogens is 518 g/mol. The number of rotatable bonds is 7. The van der Waals surface area contributed by atoms with Crippen molar-refractivity contribution in [3.63, 3.8) is 0 Å². The third-order valence-electron chi connectivity index (χ3n) is 5.35. The number of carbonyl (C=O) groups is 2. The molecule has 0 saturated carbocycles. The molecule has 0 unspecified atom stereocenters. The molecule has 3 rings (SSSR count). The van der Waals surface area contributed by atoms with E-state index in [1.54, 1.807) is 17.0 Å². The number of ether oxygens (including phenoxy) is 1. The van der Waals surface area contributed by atoms with Gasteiger partial charge in [0, 0.05) is 23.2 Å². The predicted octanol–water partition coefficient (Wildman–Crippen LogP) is 5.36. The van der Waals surface area contributed by atoms with Crippen LogP contribution in [-0.2, 0) is 17.9 Å². The van der Waals surface area contributed by atoms with Crippen molar-refractivity contribution in [1.29, 1.82) is 0 Å². The third kappa shape index (κ3) is 10.5. The van der Waals surface area contributed by atoms with Gasteiger partial charge >= 0.3 is 18.2 Å². The molecule has 2 amide bonds. The standard InChI is InChI=1S/C23H29ClFN3O2.C2HF3O2/c1-16(2)30-21-7-3-17(4-8-21)14-27-23(29)28(20-9-11-26-12-10-20)15-18-5-6-19(24)13-22(18)25;3-2(4,5)1(6)7/h3-8,13,16,20,26H,9-12,14-15H2,1-2H3,(H,27,29);(H,6,7). The van der Waals surface area contributed by atoms with E-state index in [4.69, 9.17) is 26.2 Å². The van der Waals surface area contributed by atoms with Crippen LogP contribution in [0.4, 0.5) is 22.4 Å². The zero-order chi connectivity index (χ0) is 27.6. The number of piperidine rings is 1. The monoisotopic (exact) mass is 547 g/mol. The van der Waals surface area contributed by atoms with Gasteiger partial charge < -0.3 is 25.4 Å². The molecule has 0 bridgehead atoms. The van der Waals surface area contributed by atoms with Gasteiger partial charge in [-0.2, -0.15) is 13.2 Å². The molecule has 7 nitrogen and oxygen atoms in total. The molecule has 204 valence electrons. The molecule has 1 aliphatic rings. The number of urea groups is 1. The Morgan fingerprint density at radius 1 is 1.16 bits per heavy atom. The van der Waals surface area contributed by atoms with E-state index in [2.05, 4.69) is 10.6 Å². The molecule has 0 spiro atoms. The summed E-state index contributed by atoms with van der Waals surface area (Å²) in [5.74, 6) is -2.35. The van der Waals surface area contributed by atoms with Gasteiger partial charge in [-0.1, -0.05) is 29.8 Å². The minimum atomic E-state index is -5.08. The second-order valence-corrected chi connectivity index (χ2v) is 9.05. The number of aliphatic carboxylic acids is 1. The van der Waals surface area contributed by atoms with Gasteiger partial charge in [-0.3, -0.25) is 0 Å². The molecule has 3 N–H and O–H groups in total. The van der Waals surface area contributed by atoms with Crippen molar-refractivity contribution in [3.05, 3.63) is 64.4 Å². The summed E-state index contributed by atoms with van der Waals surface area (Å²) in [5.41, 5.74) is 1.44. The number of nitrogens with one attached hydrogen (secondary N) is 2. The summed E-state index contributed by atoms with van der Waals surface area (Å²) in [6.07, 6.45) is -3.30. The molecule has 1 saturated heterocycles. The van der Waals surface area contributed by atoms with Gasteiger partial charge in [-0.05, 0) is 69.6 Å². The van der Waals surface area contributed by atoms with Gasteiger partial charge in [0.2, 0.25) is 0 Å². The number of amides is 2. The molecule has 0 aliphatic carbocycles. The number of carboxylic acid groups (broad SMARTS) is 1. The molecule has 2 aromatic carbocycles. The molecule has 0 aromatic heterocycles. The number of alkyl halides is 3. The van der Waals surface area contributed by atoms with Crippen LogP contribution in [0.25, 0.3) is 0 Å². The summed E-state index contributed by atoms with van der Waals surface area (Å²) in [7, 11) is 0. The molecule has 1 aliphatic heterocycles. The van der Waals surface area contributed by atoms with E-state index in [-0.39, 0.29) is 24.7 Å². The minimum Gasteiger partial charge on any atom is -0.491 e. The average molecular weight is 548 g/mol. The second-order valence-electron chi connectivity index (χ2n) is 8.62. The normalized spacial score (nSPS) is 13.9. The van der Waals surface area contributed by atoms with E-state index in [0.717, 1.165) is 37.2 Å². The lowest BCUT2D eigenvalue weighted by molar-refractivity contribution is -0.192. The second kappa shape index (κ2) is 14.0. The topological polar surface area (TPSA) is 90.9 Å². The van der Waals surface area contributed by atoms with Crippen molar-refractivity contribution in [3.8, 4) is 5.75 Å². The predicted molar refractivity (Wildman–Crippen MR) is 131 cm³/mol. The van der Waals surface area contributed by atoms with E-state index >= 15 is 0 Å². The van der Waals surface area contributed by atoms with Crippen LogP contribution < -0.4 is 15.4 Å². The SMILES string of the molecule is CC(C)Oc1ccc(CNC(=O)N(Cc2ccc(Cl)cc2F)C2CCNCC2)cc1.O=C(O)C(F)(F)F. The first-order valence-corrected chi connectivity index (χ1v) is 12.0. The van der Waals surface area contributed by atoms with Crippen LogP contribution in [0.2, 0.25) is 5.02 Å². The largest absolute Gasteiger partial charge is 0.491 e. The summed E-state index contributed by atoms with van der Waals surface area (Å²) in [5, 5.41) is 13.8. The van der Waals surface area contributed by atoms with E-state index in [9.17, 15) is 22.4 Å². The number of hydrogen-bond donors (Lipinski definition) is 3. The Morgan fingerprint density at radius 2 is 1.76 bits per heavy atom. The maximum Gasteiger partial charge on any atom is 0.490 e. The zero-order valence-corrected chi connectivity index (χ0v) is 21.2. The van der Waals surface area contributed by atoms with Crippen molar-refractivity contribution >= 4 is 23.6 Å². The number of halogens is 5. The fourth-order valence-corrected chi connectivity index (χ4v) is 3.71. The van der Waals surface area contributed by atoms with Gasteiger partial charge in [0.25, 0.3) is 0 Å². The highest BCUT2D eigenvalue weighted by molar-refractivity contribution is 6.30. The van der Waals surface area contributed by atoms with Crippen LogP contribution >= 0.6 is 11.6 Å². The Labute approximate surface area is 217 Å². The maximum absolute atomic E-state index is 14.4. The Bertz CT molecular complexity index is 1030. The van der Waals surface area contributed by atoms with Crippen LogP contribution in [0.3, 0.4) is 0 Å². The fraction of sp³-hybridized carbons (Fsp3) is 0.440. The summed E-state index contributed by atoms with van der Waals surface area (Å²) < 4.78 is 51.7. The van der Waals surface area contributed by atoms with Crippen molar-refractivity contribution in [2.75, 3.05) is 13.1 Å². The number of benzene rings is 2. The molecule has 1 heterocycles. The van der Waals surface area contributed by atoms with Gasteiger partial charge in [-0.25, -0.2) is 14.0 Å². The van der Waals surface area contributed by atoms with E-state index in [0.29, 0.717) is 17.1 Å². The molecule has 0 atom stereocenters. The Balaban J connectivity index is 0.000000604. The lowest BCUT2D eigenvalue weighted by atomic mass is 10.0. The minimum absolute atomic E-state index is 0.0585. The number of carboxylic acids is 1. The number of carbonyl (C=O) groups excluding carboxylic acids is 1. The van der Waals surface area contributed by atoms with Gasteiger partial charge in [-0.15, -0.1) is 0 Å². The summed E-state index contributed by atoms with van der Waals surface area (Å²) in [4.78, 5) is 23.7. The highest BCUT2D eigenvalue weighted by atomic mass is 35.5. The van der Waals surface area contributed by atoms with Crippen LogP contribution in [0.5, 0.6) is 5.75 Å². The maximum atomic E-state index is 14.4. The number of nitrogens with zero attached hydrogens (tertiary/aromatic N) is 1. The third-order valence-corrected chi connectivity index (χ3v) is 5.58. The Hall–Kier alpha value is -3.05. The fourth-order valence-electron chi connectivity index (χ4n) is 3.56. The first-order chi connectivity index (χ1) is 17.4. The van der Waals surface area contributed by atoms with E-state index in [1.807, 2.05) is 38.1 Å². The van der Waals surface area contributed by atoms with Crippen molar-refractivity contribution in [2.45, 2.75) is 58.1 Å². The lowest BCUT2D eigenvalue weighted by Crippen LogP contribution is -2.49. The zero-order valence-electron chi connectivity index (χ0n) is 20.4. The Morgan fingerprint density at radius 3 is 2.27 bits per heavy atom.